The van der Waals surface area contributed by atoms with Gasteiger partial charge in [0.1, 0.15) is 6.10 Å². The van der Waals surface area contributed by atoms with Crippen LogP contribution in [0.5, 0.6) is 0 Å². The molecule has 3 rings (SSSR count). The Balaban J connectivity index is 2.14. The Morgan fingerprint density at radius 2 is 1.89 bits per heavy atom. The molecule has 0 bridgehead atoms. The Kier molecular flexibility index (Phi) is 2.36. The van der Waals surface area contributed by atoms with Crippen molar-refractivity contribution in [3.8, 4) is 0 Å². The second-order valence-electron chi connectivity index (χ2n) is 6.91. The molecular formula is C14H22O4. The minimum atomic E-state index is -1.56. The van der Waals surface area contributed by atoms with E-state index in [4.69, 9.17) is 9.47 Å². The zero-order valence-electron chi connectivity index (χ0n) is 11.5. The number of aliphatic hydroxyl groups is 2. The average molecular weight is 254 g/mol. The van der Waals surface area contributed by atoms with Gasteiger partial charge in [-0.3, -0.25) is 0 Å². The molecule has 4 nitrogen and oxygen atoms in total. The molecule has 2 N–H and O–H groups in total. The molecule has 0 saturated carbocycles. The molecule has 0 aromatic carbocycles. The second kappa shape index (κ2) is 3.37. The quantitative estimate of drug-likeness (QED) is 0.641. The lowest BCUT2D eigenvalue weighted by Gasteiger charge is -2.50. The molecule has 18 heavy (non-hydrogen) atoms. The van der Waals surface area contributed by atoms with Gasteiger partial charge >= 0.3 is 0 Å². The first-order valence-corrected chi connectivity index (χ1v) is 6.65. The van der Waals surface area contributed by atoms with Gasteiger partial charge in [-0.25, -0.2) is 0 Å². The van der Waals surface area contributed by atoms with Crippen LogP contribution in [0.25, 0.3) is 0 Å². The predicted octanol–water partition coefficient (Wildman–Crippen LogP) is 1.36. The van der Waals surface area contributed by atoms with Crippen LogP contribution in [-0.2, 0) is 9.47 Å². The summed E-state index contributed by atoms with van der Waals surface area (Å²) in [5.41, 5.74) is 1.11. The Bertz CT molecular complexity index is 424. The SMILES string of the molecule is CC1(C)CC[C@H]2OC(C)(C)[C@H](O)[C@@]3(O)OCC1=C23. The normalized spacial score (nSPS) is 45.0. The highest BCUT2D eigenvalue weighted by molar-refractivity contribution is 5.40. The molecule has 2 heterocycles. The fourth-order valence-electron chi connectivity index (χ4n) is 3.57. The third-order valence-corrected chi connectivity index (χ3v) is 4.79. The lowest BCUT2D eigenvalue weighted by molar-refractivity contribution is -0.298. The molecule has 1 saturated heterocycles. The van der Waals surface area contributed by atoms with Crippen LogP contribution < -0.4 is 0 Å². The molecule has 0 aromatic heterocycles. The third-order valence-electron chi connectivity index (χ3n) is 4.79. The number of aliphatic hydroxyl groups excluding tert-OH is 1. The van der Waals surface area contributed by atoms with Gasteiger partial charge in [-0.2, -0.15) is 0 Å². The molecule has 0 unspecified atom stereocenters. The number of hydrogen-bond acceptors (Lipinski definition) is 4. The van der Waals surface area contributed by atoms with Crippen molar-refractivity contribution >= 4 is 0 Å². The number of ether oxygens (including phenoxy) is 2. The van der Waals surface area contributed by atoms with Crippen molar-refractivity contribution < 1.29 is 19.7 Å². The van der Waals surface area contributed by atoms with E-state index < -0.39 is 17.5 Å². The van der Waals surface area contributed by atoms with E-state index >= 15 is 0 Å². The van der Waals surface area contributed by atoms with Crippen molar-refractivity contribution in [2.75, 3.05) is 6.61 Å². The molecule has 4 heteroatoms. The summed E-state index contributed by atoms with van der Waals surface area (Å²) in [5, 5.41) is 21.1. The second-order valence-corrected chi connectivity index (χ2v) is 6.91. The van der Waals surface area contributed by atoms with Gasteiger partial charge in [0.05, 0.1) is 18.3 Å². The molecule has 0 amide bonds. The Morgan fingerprint density at radius 3 is 2.56 bits per heavy atom. The first-order valence-electron chi connectivity index (χ1n) is 6.65. The predicted molar refractivity (Wildman–Crippen MR) is 65.9 cm³/mol. The van der Waals surface area contributed by atoms with Crippen molar-refractivity contribution in [3.63, 3.8) is 0 Å². The Hall–Kier alpha value is -0.420. The number of rotatable bonds is 0. The molecule has 0 spiro atoms. The van der Waals surface area contributed by atoms with Crippen LogP contribution in [-0.4, -0.2) is 40.4 Å². The van der Waals surface area contributed by atoms with Gasteiger partial charge in [-0.1, -0.05) is 13.8 Å². The summed E-state index contributed by atoms with van der Waals surface area (Å²) in [6, 6.07) is 0. The van der Waals surface area contributed by atoms with E-state index in [0.29, 0.717) is 6.61 Å². The Morgan fingerprint density at radius 1 is 1.22 bits per heavy atom. The molecule has 2 aliphatic heterocycles. The van der Waals surface area contributed by atoms with Gasteiger partial charge in [-0.15, -0.1) is 0 Å². The lowest BCUT2D eigenvalue weighted by atomic mass is 9.68. The third kappa shape index (κ3) is 1.40. The van der Waals surface area contributed by atoms with Gasteiger partial charge in [0.15, 0.2) is 0 Å². The van der Waals surface area contributed by atoms with Crippen molar-refractivity contribution in [1.82, 2.24) is 0 Å². The minimum absolute atomic E-state index is 0.0148. The smallest absolute Gasteiger partial charge is 0.221 e. The van der Waals surface area contributed by atoms with E-state index in [-0.39, 0.29) is 11.5 Å². The maximum Gasteiger partial charge on any atom is 0.221 e. The van der Waals surface area contributed by atoms with Crippen LogP contribution in [0.2, 0.25) is 0 Å². The minimum Gasteiger partial charge on any atom is -0.384 e. The van der Waals surface area contributed by atoms with Crippen molar-refractivity contribution in [1.29, 1.82) is 0 Å². The zero-order valence-corrected chi connectivity index (χ0v) is 11.5. The van der Waals surface area contributed by atoms with Gasteiger partial charge in [0.2, 0.25) is 5.79 Å². The lowest BCUT2D eigenvalue weighted by Crippen LogP contribution is -2.63. The highest BCUT2D eigenvalue weighted by atomic mass is 16.7. The van der Waals surface area contributed by atoms with Gasteiger partial charge in [0, 0.05) is 5.57 Å². The maximum absolute atomic E-state index is 10.7. The summed E-state index contributed by atoms with van der Waals surface area (Å²) < 4.78 is 11.6. The highest BCUT2D eigenvalue weighted by Gasteiger charge is 2.62. The summed E-state index contributed by atoms with van der Waals surface area (Å²) in [7, 11) is 0. The molecule has 0 radical (unpaired) electrons. The topological polar surface area (TPSA) is 58.9 Å². The zero-order chi connectivity index (χ0) is 13.3. The summed E-state index contributed by atoms with van der Waals surface area (Å²) in [4.78, 5) is 0. The summed E-state index contributed by atoms with van der Waals surface area (Å²) >= 11 is 0. The van der Waals surface area contributed by atoms with E-state index in [2.05, 4.69) is 13.8 Å². The van der Waals surface area contributed by atoms with Crippen LogP contribution in [0.4, 0.5) is 0 Å². The van der Waals surface area contributed by atoms with E-state index in [0.717, 1.165) is 24.0 Å². The molecule has 1 aliphatic carbocycles. The van der Waals surface area contributed by atoms with E-state index in [1.165, 1.54) is 0 Å². The van der Waals surface area contributed by atoms with Crippen LogP contribution in [0.1, 0.15) is 40.5 Å². The first-order chi connectivity index (χ1) is 8.18. The molecule has 102 valence electrons. The van der Waals surface area contributed by atoms with Crippen molar-refractivity contribution in [2.45, 2.75) is 64.1 Å². The van der Waals surface area contributed by atoms with E-state index in [9.17, 15) is 10.2 Å². The maximum atomic E-state index is 10.7. The van der Waals surface area contributed by atoms with Crippen LogP contribution >= 0.6 is 0 Å². The Labute approximate surface area is 108 Å². The monoisotopic (exact) mass is 254 g/mol. The van der Waals surface area contributed by atoms with Crippen LogP contribution in [0.3, 0.4) is 0 Å². The summed E-state index contributed by atoms with van der Waals surface area (Å²) in [5.74, 6) is -1.56. The molecule has 1 fully saturated rings. The summed E-state index contributed by atoms with van der Waals surface area (Å²) in [6.07, 6.45) is 0.706. The largest absolute Gasteiger partial charge is 0.384 e. The van der Waals surface area contributed by atoms with Crippen LogP contribution in [0.15, 0.2) is 11.1 Å². The highest BCUT2D eigenvalue weighted by Crippen LogP contribution is 2.54. The van der Waals surface area contributed by atoms with Gasteiger partial charge in [-0.05, 0) is 37.7 Å². The average Bonchev–Trinajstić information content (AvgIpc) is 2.62. The van der Waals surface area contributed by atoms with Gasteiger partial charge in [0.25, 0.3) is 0 Å². The molecule has 0 aromatic rings. The summed E-state index contributed by atoms with van der Waals surface area (Å²) in [6.45, 7) is 8.31. The van der Waals surface area contributed by atoms with Crippen LogP contribution in [0, 0.1) is 5.41 Å². The van der Waals surface area contributed by atoms with E-state index in [1.54, 1.807) is 13.8 Å². The fraction of sp³-hybridized carbons (Fsp3) is 0.857. The molecule has 3 aliphatic rings. The first kappa shape index (κ1) is 12.6. The van der Waals surface area contributed by atoms with Gasteiger partial charge < -0.3 is 19.7 Å². The van der Waals surface area contributed by atoms with Crippen molar-refractivity contribution in [3.05, 3.63) is 11.1 Å². The van der Waals surface area contributed by atoms with Crippen molar-refractivity contribution in [2.24, 2.45) is 5.41 Å². The number of hydrogen-bond donors (Lipinski definition) is 2. The molecular weight excluding hydrogens is 232 g/mol. The molecule has 3 atom stereocenters. The van der Waals surface area contributed by atoms with E-state index in [1.807, 2.05) is 0 Å². The standard InChI is InChI=1S/C14H22O4/c1-12(2)6-5-9-10-8(12)7-17-14(10,16)11(15)13(3,4)18-9/h9,11,15-16H,5-7H2,1-4H3/t9-,11+,14+/m1/s1. The fourth-order valence-corrected chi connectivity index (χ4v) is 3.57.